The summed E-state index contributed by atoms with van der Waals surface area (Å²) in [4.78, 5) is 27.7. The predicted molar refractivity (Wildman–Crippen MR) is 161 cm³/mol. The molecule has 1 aromatic rings. The van der Waals surface area contributed by atoms with Gasteiger partial charge < -0.3 is 19.9 Å². The first-order valence-corrected chi connectivity index (χ1v) is 15.4. The van der Waals surface area contributed by atoms with Crippen molar-refractivity contribution in [3.05, 3.63) is 29.8 Å². The van der Waals surface area contributed by atoms with E-state index in [1.165, 1.54) is 89.9 Å². The van der Waals surface area contributed by atoms with Crippen LogP contribution in [0.2, 0.25) is 0 Å². The van der Waals surface area contributed by atoms with Gasteiger partial charge in [-0.1, -0.05) is 121 Å². The molecule has 1 N–H and O–H groups in total. The van der Waals surface area contributed by atoms with Gasteiger partial charge >= 0.3 is 6.09 Å². The van der Waals surface area contributed by atoms with E-state index in [1.54, 1.807) is 4.90 Å². The van der Waals surface area contributed by atoms with Crippen molar-refractivity contribution >= 4 is 18.2 Å². The second-order valence-electron chi connectivity index (χ2n) is 10.9. The van der Waals surface area contributed by atoms with Crippen molar-refractivity contribution in [2.75, 3.05) is 38.6 Å². The number of anilines is 1. The summed E-state index contributed by atoms with van der Waals surface area (Å²) < 4.78 is 5.40. The van der Waals surface area contributed by atoms with Crippen molar-refractivity contribution < 1.29 is 14.3 Å². The Bertz CT molecular complexity index is 711. The second kappa shape index (κ2) is 24.0. The maximum absolute atomic E-state index is 12.0. The van der Waals surface area contributed by atoms with E-state index in [2.05, 4.69) is 17.1 Å². The van der Waals surface area contributed by atoms with Crippen LogP contribution in [0.15, 0.2) is 24.3 Å². The molecule has 0 radical (unpaired) electrons. The van der Waals surface area contributed by atoms with Crippen molar-refractivity contribution in [3.8, 4) is 0 Å². The first-order valence-electron chi connectivity index (χ1n) is 15.4. The van der Waals surface area contributed by atoms with E-state index in [1.807, 2.05) is 38.4 Å². The van der Waals surface area contributed by atoms with Crippen molar-refractivity contribution in [1.29, 1.82) is 0 Å². The van der Waals surface area contributed by atoms with E-state index in [9.17, 15) is 9.59 Å². The topological polar surface area (TPSA) is 61.9 Å². The zero-order valence-corrected chi connectivity index (χ0v) is 24.9. The van der Waals surface area contributed by atoms with Gasteiger partial charge in [-0.25, -0.2) is 4.79 Å². The average molecular weight is 532 g/mol. The van der Waals surface area contributed by atoms with Gasteiger partial charge in [0.15, 0.2) is 0 Å². The number of hydrogen-bond acceptors (Lipinski definition) is 4. The van der Waals surface area contributed by atoms with Crippen LogP contribution in [0.1, 0.15) is 122 Å². The number of rotatable bonds is 25. The highest BCUT2D eigenvalue weighted by Gasteiger charge is 2.12. The van der Waals surface area contributed by atoms with Crippen LogP contribution in [0, 0.1) is 0 Å². The minimum absolute atomic E-state index is 0.152. The van der Waals surface area contributed by atoms with Crippen molar-refractivity contribution in [1.82, 2.24) is 10.2 Å². The van der Waals surface area contributed by atoms with Crippen molar-refractivity contribution in [3.63, 3.8) is 0 Å². The molecule has 6 nitrogen and oxygen atoms in total. The van der Waals surface area contributed by atoms with Crippen LogP contribution in [0.25, 0.3) is 0 Å². The summed E-state index contributed by atoms with van der Waals surface area (Å²) in [6, 6.07) is 7.67. The lowest BCUT2D eigenvalue weighted by molar-refractivity contribution is -0.107. The lowest BCUT2D eigenvalue weighted by Gasteiger charge is -2.21. The summed E-state index contributed by atoms with van der Waals surface area (Å²) in [5.41, 5.74) is 1.67. The smallest absolute Gasteiger partial charge is 0.407 e. The minimum Gasteiger partial charge on any atom is -0.445 e. The number of nitrogens with zero attached hydrogens (tertiary/aromatic N) is 2. The Morgan fingerprint density at radius 1 is 0.763 bits per heavy atom. The maximum atomic E-state index is 12.0. The van der Waals surface area contributed by atoms with Gasteiger partial charge in [-0.05, 0) is 39.5 Å². The van der Waals surface area contributed by atoms with Crippen molar-refractivity contribution in [2.24, 2.45) is 0 Å². The third-order valence-corrected chi connectivity index (χ3v) is 7.09. The number of ether oxygens (including phenoxy) is 1. The van der Waals surface area contributed by atoms with Gasteiger partial charge in [0.05, 0.1) is 0 Å². The molecule has 0 unspecified atom stereocenters. The Kier molecular flexibility index (Phi) is 21.4. The summed E-state index contributed by atoms with van der Waals surface area (Å²) >= 11 is 0. The number of carbonyl (C=O) groups is 2. The summed E-state index contributed by atoms with van der Waals surface area (Å²) in [7, 11) is 4.02. The number of amides is 2. The van der Waals surface area contributed by atoms with Crippen LogP contribution in [0.5, 0.6) is 0 Å². The zero-order chi connectivity index (χ0) is 27.7. The maximum Gasteiger partial charge on any atom is 0.407 e. The Hall–Kier alpha value is -2.08. The molecule has 0 aliphatic carbocycles. The molecule has 0 saturated carbocycles. The van der Waals surface area contributed by atoms with Crippen LogP contribution >= 0.6 is 0 Å². The van der Waals surface area contributed by atoms with Crippen LogP contribution in [-0.4, -0.2) is 51.1 Å². The Balaban J connectivity index is 2.14. The van der Waals surface area contributed by atoms with E-state index >= 15 is 0 Å². The van der Waals surface area contributed by atoms with Gasteiger partial charge in [0.1, 0.15) is 6.61 Å². The number of benzene rings is 1. The number of nitrogens with one attached hydrogen (secondary N) is 1. The lowest BCUT2D eigenvalue weighted by atomic mass is 10.0. The lowest BCUT2D eigenvalue weighted by Crippen LogP contribution is -2.28. The van der Waals surface area contributed by atoms with E-state index < -0.39 is 6.09 Å². The monoisotopic (exact) mass is 531 g/mol. The molecule has 6 heteroatoms. The SMILES string of the molecule is CCCCCCCCCCCCCCCCCCN(C=O)c1ccccc1COC(=O)NCCCN(C)C. The first-order chi connectivity index (χ1) is 18.6. The molecule has 0 atom stereocenters. The van der Waals surface area contributed by atoms with Crippen LogP contribution < -0.4 is 10.2 Å². The van der Waals surface area contributed by atoms with Gasteiger partial charge in [0, 0.05) is 24.3 Å². The molecular formula is C32H57N3O3. The quantitative estimate of drug-likeness (QED) is 0.102. The summed E-state index contributed by atoms with van der Waals surface area (Å²) in [6.45, 7) is 4.61. The van der Waals surface area contributed by atoms with E-state index in [0.717, 1.165) is 43.5 Å². The number of carbonyl (C=O) groups excluding carboxylic acids is 2. The molecule has 0 aliphatic rings. The molecule has 2 amide bonds. The van der Waals surface area contributed by atoms with Gasteiger partial charge in [0.2, 0.25) is 6.41 Å². The molecule has 0 spiro atoms. The molecule has 38 heavy (non-hydrogen) atoms. The molecule has 1 aromatic carbocycles. The Labute approximate surface area is 233 Å². The Morgan fingerprint density at radius 2 is 1.29 bits per heavy atom. The van der Waals surface area contributed by atoms with Gasteiger partial charge in [-0.3, -0.25) is 4.79 Å². The normalized spacial score (nSPS) is 11.1. The summed E-state index contributed by atoms with van der Waals surface area (Å²) in [5, 5.41) is 2.79. The van der Waals surface area contributed by atoms with Gasteiger partial charge in [-0.15, -0.1) is 0 Å². The highest BCUT2D eigenvalue weighted by atomic mass is 16.5. The van der Waals surface area contributed by atoms with Gasteiger partial charge in [-0.2, -0.15) is 0 Å². The standard InChI is InChI=1S/C32H57N3O3/c1-4-5-6-7-8-9-10-11-12-13-14-15-16-17-18-21-27-35(29-36)31-24-20-19-23-30(31)28-38-32(37)33-25-22-26-34(2)3/h19-20,23-24,29H,4-18,21-22,25-28H2,1-3H3,(H,33,37). The molecule has 0 saturated heterocycles. The highest BCUT2D eigenvalue weighted by Crippen LogP contribution is 2.21. The molecule has 218 valence electrons. The largest absolute Gasteiger partial charge is 0.445 e. The highest BCUT2D eigenvalue weighted by molar-refractivity contribution is 5.77. The molecule has 0 fully saturated rings. The fraction of sp³-hybridized carbons (Fsp3) is 0.750. The van der Waals surface area contributed by atoms with E-state index in [-0.39, 0.29) is 6.61 Å². The third kappa shape index (κ3) is 18.2. The Morgan fingerprint density at radius 3 is 1.82 bits per heavy atom. The minimum atomic E-state index is -0.422. The van der Waals surface area contributed by atoms with Crippen LogP contribution in [0.4, 0.5) is 10.5 Å². The molecule has 0 aliphatic heterocycles. The summed E-state index contributed by atoms with van der Waals surface area (Å²) in [5.74, 6) is 0. The number of unbranched alkanes of at least 4 members (excludes halogenated alkanes) is 15. The second-order valence-corrected chi connectivity index (χ2v) is 10.9. The number of alkyl carbamates (subject to hydrolysis) is 1. The molecule has 1 rings (SSSR count). The number of para-hydroxylation sites is 1. The molecule has 0 heterocycles. The van der Waals surface area contributed by atoms with Crippen LogP contribution in [-0.2, 0) is 16.1 Å². The average Bonchev–Trinajstić information content (AvgIpc) is 2.92. The molecule has 0 bridgehead atoms. The fourth-order valence-electron chi connectivity index (χ4n) is 4.75. The van der Waals surface area contributed by atoms with E-state index in [4.69, 9.17) is 4.74 Å². The zero-order valence-electron chi connectivity index (χ0n) is 24.9. The fourth-order valence-corrected chi connectivity index (χ4v) is 4.75. The number of hydrogen-bond donors (Lipinski definition) is 1. The molecule has 0 aromatic heterocycles. The molecular weight excluding hydrogens is 474 g/mol. The predicted octanol–water partition coefficient (Wildman–Crippen LogP) is 8.09. The summed E-state index contributed by atoms with van der Waals surface area (Å²) in [6.07, 6.45) is 22.7. The first kappa shape index (κ1) is 33.9. The van der Waals surface area contributed by atoms with Crippen molar-refractivity contribution in [2.45, 2.75) is 123 Å². The van der Waals surface area contributed by atoms with Gasteiger partial charge in [0.25, 0.3) is 0 Å². The van der Waals surface area contributed by atoms with E-state index in [0.29, 0.717) is 13.1 Å². The van der Waals surface area contributed by atoms with Crippen LogP contribution in [0.3, 0.4) is 0 Å². The third-order valence-electron chi connectivity index (χ3n) is 7.09.